The first-order valence-electron chi connectivity index (χ1n) is 7.13. The molecule has 1 aromatic rings. The molecule has 1 aromatic heterocycles. The van der Waals surface area contributed by atoms with Crippen LogP contribution in [-0.4, -0.2) is 24.1 Å². The maximum atomic E-state index is 4.43. The Balaban J connectivity index is 2.08. The second kappa shape index (κ2) is 6.19. The van der Waals surface area contributed by atoms with Gasteiger partial charge in [-0.3, -0.25) is 4.98 Å². The van der Waals surface area contributed by atoms with E-state index >= 15 is 0 Å². The first-order valence-corrected chi connectivity index (χ1v) is 7.13. The predicted molar refractivity (Wildman–Crippen MR) is 76.8 cm³/mol. The van der Waals surface area contributed by atoms with Crippen LogP contribution in [0.15, 0.2) is 18.3 Å². The summed E-state index contributed by atoms with van der Waals surface area (Å²) in [6.45, 7) is 9.70. The first kappa shape index (κ1) is 13.3. The fraction of sp³-hybridized carbons (Fsp3) is 0.667. The van der Waals surface area contributed by atoms with Gasteiger partial charge in [-0.25, -0.2) is 0 Å². The Bertz CT molecular complexity index is 372. The van der Waals surface area contributed by atoms with Gasteiger partial charge >= 0.3 is 0 Å². The molecule has 0 amide bonds. The summed E-state index contributed by atoms with van der Waals surface area (Å²) in [7, 11) is 0. The molecule has 3 nitrogen and oxygen atoms in total. The number of hydrogen-bond donors (Lipinski definition) is 1. The lowest BCUT2D eigenvalue weighted by Gasteiger charge is -2.27. The lowest BCUT2D eigenvalue weighted by atomic mass is 10.2. The summed E-state index contributed by atoms with van der Waals surface area (Å²) in [5.41, 5.74) is 2.48. The highest BCUT2D eigenvalue weighted by molar-refractivity contribution is 5.48. The monoisotopic (exact) mass is 247 g/mol. The summed E-state index contributed by atoms with van der Waals surface area (Å²) in [6.07, 6.45) is 4.63. The quantitative estimate of drug-likeness (QED) is 0.803. The topological polar surface area (TPSA) is 28.2 Å². The third kappa shape index (κ3) is 3.70. The summed E-state index contributed by atoms with van der Waals surface area (Å²) in [6, 6.07) is 5.15. The van der Waals surface area contributed by atoms with Gasteiger partial charge in [0.1, 0.15) is 0 Å². The largest absolute Gasteiger partial charge is 0.368 e. The van der Waals surface area contributed by atoms with Crippen molar-refractivity contribution in [3.05, 3.63) is 24.0 Å². The van der Waals surface area contributed by atoms with Crippen LogP contribution in [0.5, 0.6) is 0 Å². The second-order valence-electron chi connectivity index (χ2n) is 5.56. The van der Waals surface area contributed by atoms with Gasteiger partial charge in [0.15, 0.2) is 0 Å². The molecule has 0 atom stereocenters. The molecule has 0 aromatic carbocycles. The molecular weight excluding hydrogens is 222 g/mol. The van der Waals surface area contributed by atoms with Gasteiger partial charge in [-0.1, -0.05) is 20.8 Å². The van der Waals surface area contributed by atoms with Crippen molar-refractivity contribution < 1.29 is 0 Å². The average Bonchev–Trinajstić information content (AvgIpc) is 3.18. The second-order valence-corrected chi connectivity index (χ2v) is 5.56. The van der Waals surface area contributed by atoms with Gasteiger partial charge in [-0.2, -0.15) is 0 Å². The molecule has 0 radical (unpaired) electrons. The average molecular weight is 247 g/mol. The Morgan fingerprint density at radius 3 is 2.83 bits per heavy atom. The molecule has 0 bridgehead atoms. The van der Waals surface area contributed by atoms with Gasteiger partial charge < -0.3 is 10.2 Å². The van der Waals surface area contributed by atoms with Crippen molar-refractivity contribution in [1.82, 2.24) is 10.3 Å². The van der Waals surface area contributed by atoms with E-state index < -0.39 is 0 Å². The SMILES string of the molecule is CCNCc1cc(N(CC(C)C)C2CC2)ccn1. The van der Waals surface area contributed by atoms with Crippen LogP contribution < -0.4 is 10.2 Å². The molecule has 0 unspecified atom stereocenters. The number of rotatable bonds is 7. The zero-order chi connectivity index (χ0) is 13.0. The van der Waals surface area contributed by atoms with E-state index in [0.717, 1.165) is 31.4 Å². The Morgan fingerprint density at radius 2 is 2.22 bits per heavy atom. The van der Waals surface area contributed by atoms with E-state index in [2.05, 4.69) is 48.1 Å². The summed E-state index contributed by atoms with van der Waals surface area (Å²) in [5.74, 6) is 0.705. The van der Waals surface area contributed by atoms with E-state index in [9.17, 15) is 0 Å². The van der Waals surface area contributed by atoms with Gasteiger partial charge in [0, 0.05) is 31.0 Å². The van der Waals surface area contributed by atoms with Gasteiger partial charge in [0.2, 0.25) is 0 Å². The summed E-state index contributed by atoms with van der Waals surface area (Å²) in [5, 5.41) is 3.34. The van der Waals surface area contributed by atoms with E-state index in [0.29, 0.717) is 5.92 Å². The number of nitrogens with one attached hydrogen (secondary N) is 1. The standard InChI is InChI=1S/C15H25N3/c1-4-16-10-13-9-15(7-8-17-13)18(11-12(2)3)14-5-6-14/h7-9,12,14,16H,4-6,10-11H2,1-3H3. The molecule has 0 spiro atoms. The van der Waals surface area contributed by atoms with Gasteiger partial charge in [0.25, 0.3) is 0 Å². The van der Waals surface area contributed by atoms with E-state index in [-0.39, 0.29) is 0 Å². The number of anilines is 1. The number of pyridine rings is 1. The maximum Gasteiger partial charge on any atom is 0.0562 e. The van der Waals surface area contributed by atoms with Crippen LogP contribution in [0.1, 0.15) is 39.3 Å². The Labute approximate surface area is 111 Å². The molecule has 3 heteroatoms. The molecule has 1 aliphatic carbocycles. The predicted octanol–water partition coefficient (Wildman–Crippen LogP) is 2.82. The maximum absolute atomic E-state index is 4.43. The minimum absolute atomic E-state index is 0.705. The lowest BCUT2D eigenvalue weighted by Crippen LogP contribution is -2.30. The Kier molecular flexibility index (Phi) is 4.59. The summed E-state index contributed by atoms with van der Waals surface area (Å²) in [4.78, 5) is 6.99. The van der Waals surface area contributed by atoms with Crippen molar-refractivity contribution in [2.45, 2.75) is 46.2 Å². The van der Waals surface area contributed by atoms with Crippen molar-refractivity contribution in [1.29, 1.82) is 0 Å². The van der Waals surface area contributed by atoms with E-state index in [1.54, 1.807) is 0 Å². The van der Waals surface area contributed by atoms with E-state index in [4.69, 9.17) is 0 Å². The van der Waals surface area contributed by atoms with E-state index in [1.807, 2.05) is 6.20 Å². The summed E-state index contributed by atoms with van der Waals surface area (Å²) >= 11 is 0. The zero-order valence-corrected chi connectivity index (χ0v) is 11.8. The minimum atomic E-state index is 0.705. The Morgan fingerprint density at radius 1 is 1.44 bits per heavy atom. The van der Waals surface area contributed by atoms with Crippen LogP contribution in [0.25, 0.3) is 0 Å². The molecule has 1 aliphatic rings. The highest BCUT2D eigenvalue weighted by atomic mass is 15.2. The van der Waals surface area contributed by atoms with Crippen LogP contribution in [0.2, 0.25) is 0 Å². The molecule has 1 saturated carbocycles. The van der Waals surface area contributed by atoms with Crippen LogP contribution >= 0.6 is 0 Å². The van der Waals surface area contributed by atoms with Crippen LogP contribution in [0.4, 0.5) is 5.69 Å². The molecule has 1 fully saturated rings. The molecule has 1 heterocycles. The van der Waals surface area contributed by atoms with Crippen molar-refractivity contribution in [3.8, 4) is 0 Å². The molecule has 1 N–H and O–H groups in total. The molecule has 0 saturated heterocycles. The lowest BCUT2D eigenvalue weighted by molar-refractivity contribution is 0.606. The van der Waals surface area contributed by atoms with Crippen molar-refractivity contribution >= 4 is 5.69 Å². The van der Waals surface area contributed by atoms with Crippen LogP contribution in [-0.2, 0) is 6.54 Å². The van der Waals surface area contributed by atoms with E-state index in [1.165, 1.54) is 18.5 Å². The zero-order valence-electron chi connectivity index (χ0n) is 11.8. The Hall–Kier alpha value is -1.09. The number of nitrogens with zero attached hydrogens (tertiary/aromatic N) is 2. The number of aromatic nitrogens is 1. The highest BCUT2D eigenvalue weighted by Crippen LogP contribution is 2.32. The van der Waals surface area contributed by atoms with Crippen molar-refractivity contribution in [2.75, 3.05) is 18.0 Å². The molecule has 100 valence electrons. The molecule has 2 rings (SSSR count). The fourth-order valence-corrected chi connectivity index (χ4v) is 2.24. The number of hydrogen-bond acceptors (Lipinski definition) is 3. The van der Waals surface area contributed by atoms with Gasteiger partial charge in [-0.15, -0.1) is 0 Å². The van der Waals surface area contributed by atoms with Crippen LogP contribution in [0.3, 0.4) is 0 Å². The van der Waals surface area contributed by atoms with Crippen molar-refractivity contribution in [3.63, 3.8) is 0 Å². The van der Waals surface area contributed by atoms with Crippen molar-refractivity contribution in [2.24, 2.45) is 5.92 Å². The third-order valence-corrected chi connectivity index (χ3v) is 3.24. The minimum Gasteiger partial charge on any atom is -0.368 e. The fourth-order valence-electron chi connectivity index (χ4n) is 2.24. The molecular formula is C15H25N3. The smallest absolute Gasteiger partial charge is 0.0562 e. The summed E-state index contributed by atoms with van der Waals surface area (Å²) < 4.78 is 0. The van der Waals surface area contributed by atoms with Crippen LogP contribution in [0, 0.1) is 5.92 Å². The van der Waals surface area contributed by atoms with Gasteiger partial charge in [-0.05, 0) is 37.4 Å². The third-order valence-electron chi connectivity index (χ3n) is 3.24. The molecule has 18 heavy (non-hydrogen) atoms. The van der Waals surface area contributed by atoms with Gasteiger partial charge in [0.05, 0.1) is 5.69 Å². The first-order chi connectivity index (χ1) is 8.70. The highest BCUT2D eigenvalue weighted by Gasteiger charge is 2.29. The normalized spacial score (nSPS) is 15.1. The molecule has 0 aliphatic heterocycles.